The fourth-order valence-electron chi connectivity index (χ4n) is 4.18. The summed E-state index contributed by atoms with van der Waals surface area (Å²) in [5.41, 5.74) is 2.24. The van der Waals surface area contributed by atoms with Crippen LogP contribution in [0.2, 0.25) is 10.0 Å². The molecule has 236 valence electrons. The molecule has 3 amide bonds. The van der Waals surface area contributed by atoms with E-state index in [2.05, 4.69) is 16.0 Å². The largest absolute Gasteiger partial charge is 0.462 e. The van der Waals surface area contributed by atoms with Crippen LogP contribution in [0.5, 0.6) is 0 Å². The first kappa shape index (κ1) is 34.3. The third-order valence-corrected chi connectivity index (χ3v) is 8.41. The molecule has 0 aliphatic rings. The molecule has 0 aliphatic heterocycles. The highest BCUT2D eigenvalue weighted by Crippen LogP contribution is 2.29. The van der Waals surface area contributed by atoms with Gasteiger partial charge in [0.2, 0.25) is 5.91 Å². The zero-order valence-electron chi connectivity index (χ0n) is 25.0. The summed E-state index contributed by atoms with van der Waals surface area (Å²) in [6, 6.07) is 26.9. The van der Waals surface area contributed by atoms with Gasteiger partial charge in [-0.1, -0.05) is 60.5 Å². The number of halogens is 2. The molecule has 46 heavy (non-hydrogen) atoms. The summed E-state index contributed by atoms with van der Waals surface area (Å²) in [6.45, 7) is 3.92. The molecule has 4 aromatic rings. The lowest BCUT2D eigenvalue weighted by Crippen LogP contribution is -2.30. The van der Waals surface area contributed by atoms with Crippen LogP contribution >= 0.6 is 35.0 Å². The van der Waals surface area contributed by atoms with Crippen LogP contribution in [-0.4, -0.2) is 35.5 Å². The minimum absolute atomic E-state index is 0.0316. The number of rotatable bonds is 12. The molecule has 0 radical (unpaired) electrons. The van der Waals surface area contributed by atoms with Crippen LogP contribution in [0.15, 0.2) is 108 Å². The Morgan fingerprint density at radius 3 is 2.22 bits per heavy atom. The van der Waals surface area contributed by atoms with Gasteiger partial charge in [-0.05, 0) is 91.7 Å². The summed E-state index contributed by atoms with van der Waals surface area (Å²) in [6.07, 6.45) is 2.01. The third-order valence-electron chi connectivity index (χ3n) is 6.49. The lowest BCUT2D eigenvalue weighted by atomic mass is 10.1. The van der Waals surface area contributed by atoms with Crippen LogP contribution in [0, 0.1) is 0 Å². The number of anilines is 2. The number of hydrogen-bond donors (Lipinski definition) is 3. The summed E-state index contributed by atoms with van der Waals surface area (Å²) < 4.78 is 5.00. The molecule has 3 N–H and O–H groups in total. The Kier molecular flexibility index (Phi) is 12.4. The zero-order chi connectivity index (χ0) is 33.1. The second-order valence-electron chi connectivity index (χ2n) is 9.83. The number of hydrogen-bond acceptors (Lipinski definition) is 6. The Hall–Kier alpha value is -4.57. The molecule has 0 spiro atoms. The van der Waals surface area contributed by atoms with Gasteiger partial charge in [0.15, 0.2) is 0 Å². The highest BCUT2D eigenvalue weighted by molar-refractivity contribution is 8.00. The van der Waals surface area contributed by atoms with Gasteiger partial charge in [-0.15, -0.1) is 11.8 Å². The Morgan fingerprint density at radius 2 is 1.54 bits per heavy atom. The van der Waals surface area contributed by atoms with Gasteiger partial charge < -0.3 is 20.7 Å². The molecule has 0 heterocycles. The topological polar surface area (TPSA) is 114 Å². The average molecular weight is 677 g/mol. The van der Waals surface area contributed by atoms with E-state index in [0.717, 1.165) is 4.90 Å². The molecule has 1 unspecified atom stereocenters. The zero-order valence-corrected chi connectivity index (χ0v) is 27.3. The number of carbonyl (C=O) groups excluding carboxylic acids is 4. The Labute approximate surface area is 281 Å². The molecule has 1 atom stereocenters. The number of benzene rings is 4. The first-order chi connectivity index (χ1) is 22.2. The van der Waals surface area contributed by atoms with Crippen molar-refractivity contribution in [3.05, 3.63) is 129 Å². The quantitative estimate of drug-likeness (QED) is 0.0795. The summed E-state index contributed by atoms with van der Waals surface area (Å²) >= 11 is 13.7. The van der Waals surface area contributed by atoms with E-state index in [-0.39, 0.29) is 18.2 Å². The summed E-state index contributed by atoms with van der Waals surface area (Å²) in [5.74, 6) is -1.68. The smallest absolute Gasteiger partial charge is 0.338 e. The van der Waals surface area contributed by atoms with Crippen LogP contribution in [0.1, 0.15) is 46.5 Å². The van der Waals surface area contributed by atoms with Crippen molar-refractivity contribution in [2.45, 2.75) is 30.4 Å². The van der Waals surface area contributed by atoms with Crippen molar-refractivity contribution in [2.24, 2.45) is 0 Å². The monoisotopic (exact) mass is 675 g/mol. The Bertz CT molecular complexity index is 1750. The molecule has 4 rings (SSSR count). The predicted octanol–water partition coefficient (Wildman–Crippen LogP) is 8.09. The predicted molar refractivity (Wildman–Crippen MR) is 184 cm³/mol. The first-order valence-corrected chi connectivity index (χ1v) is 16.0. The third kappa shape index (κ3) is 9.71. The van der Waals surface area contributed by atoms with Crippen molar-refractivity contribution in [3.8, 4) is 0 Å². The average Bonchev–Trinajstić information content (AvgIpc) is 3.05. The van der Waals surface area contributed by atoms with Crippen molar-refractivity contribution in [2.75, 3.05) is 17.2 Å². The Balaban J connectivity index is 1.48. The fourth-order valence-corrected chi connectivity index (χ4v) is 5.65. The molecule has 4 aromatic carbocycles. The molecule has 0 saturated heterocycles. The van der Waals surface area contributed by atoms with E-state index in [0.29, 0.717) is 44.5 Å². The first-order valence-electron chi connectivity index (χ1n) is 14.4. The fraction of sp³-hybridized carbons (Fsp3) is 0.143. The summed E-state index contributed by atoms with van der Waals surface area (Å²) in [7, 11) is 0. The van der Waals surface area contributed by atoms with Gasteiger partial charge >= 0.3 is 5.97 Å². The molecule has 8 nitrogen and oxygen atoms in total. The summed E-state index contributed by atoms with van der Waals surface area (Å²) in [4.78, 5) is 52.2. The van der Waals surface area contributed by atoms with Crippen molar-refractivity contribution in [3.63, 3.8) is 0 Å². The standard InChI is InChI=1S/C35H31Cl2N3O5S/c1-3-31(34(43)38-26-17-14-23(15-18-26)35(44)45-4-2)46-28-12-8-11-27(21-28)39-33(42)30(19-24-13-16-25(36)20-29(24)37)40-32(41)22-9-6-5-7-10-22/h5-21,31H,3-4H2,1-2H3,(H,38,43)(H,39,42)(H,40,41)/b30-19+. The van der Waals surface area contributed by atoms with Crippen LogP contribution in [0.25, 0.3) is 6.08 Å². The molecule has 0 bridgehead atoms. The van der Waals surface area contributed by atoms with Gasteiger partial charge in [-0.25, -0.2) is 4.79 Å². The molecular weight excluding hydrogens is 645 g/mol. The van der Waals surface area contributed by atoms with Gasteiger partial charge in [0.25, 0.3) is 11.8 Å². The highest BCUT2D eigenvalue weighted by atomic mass is 35.5. The number of carbonyl (C=O) groups is 4. The van der Waals surface area contributed by atoms with Crippen LogP contribution in [0.4, 0.5) is 11.4 Å². The lowest BCUT2D eigenvalue weighted by Gasteiger charge is -2.16. The van der Waals surface area contributed by atoms with E-state index < -0.39 is 23.0 Å². The normalized spacial score (nSPS) is 11.7. The Morgan fingerprint density at radius 1 is 0.804 bits per heavy atom. The molecular formula is C35H31Cl2N3O5S. The molecule has 11 heteroatoms. The molecule has 0 saturated carbocycles. The maximum absolute atomic E-state index is 13.5. The van der Waals surface area contributed by atoms with Gasteiger partial charge in [0.1, 0.15) is 5.70 Å². The maximum atomic E-state index is 13.5. The van der Waals surface area contributed by atoms with Gasteiger partial charge in [-0.2, -0.15) is 0 Å². The SMILES string of the molecule is CCOC(=O)c1ccc(NC(=O)C(CC)Sc2cccc(NC(=O)/C(=C\c3ccc(Cl)cc3Cl)NC(=O)c3ccccc3)c2)cc1. The number of nitrogens with one attached hydrogen (secondary N) is 3. The molecule has 0 aliphatic carbocycles. The van der Waals surface area contributed by atoms with Crippen molar-refractivity contribution >= 4 is 76.1 Å². The van der Waals surface area contributed by atoms with Crippen molar-refractivity contribution < 1.29 is 23.9 Å². The van der Waals surface area contributed by atoms with E-state index in [4.69, 9.17) is 27.9 Å². The number of amides is 3. The second-order valence-corrected chi connectivity index (χ2v) is 11.9. The van der Waals surface area contributed by atoms with Crippen molar-refractivity contribution in [1.29, 1.82) is 0 Å². The minimum atomic E-state index is -0.575. The van der Waals surface area contributed by atoms with Gasteiger partial charge in [0.05, 0.1) is 17.4 Å². The summed E-state index contributed by atoms with van der Waals surface area (Å²) in [5, 5.41) is 8.71. The van der Waals surface area contributed by atoms with Crippen LogP contribution < -0.4 is 16.0 Å². The molecule has 0 fully saturated rings. The van der Waals surface area contributed by atoms with E-state index in [9.17, 15) is 19.2 Å². The molecule has 0 aromatic heterocycles. The van der Waals surface area contributed by atoms with E-state index in [1.807, 2.05) is 13.0 Å². The van der Waals surface area contributed by atoms with E-state index >= 15 is 0 Å². The van der Waals surface area contributed by atoms with E-state index in [1.165, 1.54) is 17.8 Å². The second kappa shape index (κ2) is 16.7. The van der Waals surface area contributed by atoms with Crippen LogP contribution in [0.3, 0.4) is 0 Å². The number of esters is 1. The number of thioether (sulfide) groups is 1. The van der Waals surface area contributed by atoms with Crippen molar-refractivity contribution in [1.82, 2.24) is 5.32 Å². The van der Waals surface area contributed by atoms with E-state index in [1.54, 1.807) is 97.9 Å². The minimum Gasteiger partial charge on any atom is -0.462 e. The van der Waals surface area contributed by atoms with Gasteiger partial charge in [0, 0.05) is 31.9 Å². The number of ether oxygens (including phenoxy) is 1. The van der Waals surface area contributed by atoms with Gasteiger partial charge in [-0.3, -0.25) is 14.4 Å². The lowest BCUT2D eigenvalue weighted by molar-refractivity contribution is -0.116. The maximum Gasteiger partial charge on any atom is 0.338 e. The highest BCUT2D eigenvalue weighted by Gasteiger charge is 2.20. The van der Waals surface area contributed by atoms with Crippen LogP contribution in [-0.2, 0) is 14.3 Å².